The predicted molar refractivity (Wildman–Crippen MR) is 197 cm³/mol. The van der Waals surface area contributed by atoms with Crippen molar-refractivity contribution in [1.82, 2.24) is 0 Å². The highest BCUT2D eigenvalue weighted by molar-refractivity contribution is 6.27. The maximum absolute atomic E-state index is 2.42. The Morgan fingerprint density at radius 1 is 0.348 bits per heavy atom. The van der Waals surface area contributed by atoms with Crippen LogP contribution in [0, 0.1) is 6.92 Å². The topological polar surface area (TPSA) is 0 Å². The molecule has 0 radical (unpaired) electrons. The van der Waals surface area contributed by atoms with Crippen LogP contribution in [-0.4, -0.2) is 0 Å². The van der Waals surface area contributed by atoms with Crippen molar-refractivity contribution in [3.8, 4) is 55.6 Å². The van der Waals surface area contributed by atoms with Crippen molar-refractivity contribution in [1.29, 1.82) is 0 Å². The summed E-state index contributed by atoms with van der Waals surface area (Å²) in [5.41, 5.74) is 17.4. The number of hydrogen-bond acceptors (Lipinski definition) is 0. The highest BCUT2D eigenvalue weighted by atomic mass is 14.4. The second-order valence-electron chi connectivity index (χ2n) is 13.7. The van der Waals surface area contributed by atoms with Crippen molar-refractivity contribution in [2.45, 2.75) is 26.2 Å². The average Bonchev–Trinajstić information content (AvgIpc) is 3.54. The minimum absolute atomic E-state index is 0.0500. The van der Waals surface area contributed by atoms with Crippen LogP contribution < -0.4 is 0 Å². The van der Waals surface area contributed by atoms with Gasteiger partial charge in [0, 0.05) is 5.41 Å². The van der Waals surface area contributed by atoms with Crippen LogP contribution in [0.3, 0.4) is 0 Å². The minimum atomic E-state index is -0.0500. The molecular formula is C46H32. The van der Waals surface area contributed by atoms with Gasteiger partial charge in [-0.3, -0.25) is 0 Å². The number of rotatable bonds is 2. The summed E-state index contributed by atoms with van der Waals surface area (Å²) < 4.78 is 0. The first-order valence-corrected chi connectivity index (χ1v) is 16.4. The van der Waals surface area contributed by atoms with Crippen molar-refractivity contribution >= 4 is 32.3 Å². The average molecular weight is 585 g/mol. The Morgan fingerprint density at radius 2 is 0.870 bits per heavy atom. The van der Waals surface area contributed by atoms with Crippen molar-refractivity contribution in [2.24, 2.45) is 0 Å². The molecule has 8 aromatic carbocycles. The lowest BCUT2D eigenvalue weighted by Gasteiger charge is -2.23. The molecule has 0 aliphatic heterocycles. The van der Waals surface area contributed by atoms with E-state index in [1.165, 1.54) is 105 Å². The molecule has 0 nitrogen and oxygen atoms in total. The Bertz CT molecular complexity index is 2580. The highest BCUT2D eigenvalue weighted by Gasteiger charge is 2.37. The first kappa shape index (κ1) is 25.8. The molecule has 0 heterocycles. The maximum atomic E-state index is 2.42. The highest BCUT2D eigenvalue weighted by Crippen LogP contribution is 2.55. The smallest absolute Gasteiger partial charge is 0.0159 e. The van der Waals surface area contributed by atoms with Crippen molar-refractivity contribution in [2.75, 3.05) is 0 Å². The first-order chi connectivity index (χ1) is 22.5. The van der Waals surface area contributed by atoms with Gasteiger partial charge in [-0.25, -0.2) is 0 Å². The van der Waals surface area contributed by atoms with Crippen molar-refractivity contribution in [3.05, 3.63) is 156 Å². The van der Waals surface area contributed by atoms with Crippen LogP contribution in [0.15, 0.2) is 140 Å². The van der Waals surface area contributed by atoms with E-state index in [9.17, 15) is 0 Å². The second kappa shape index (κ2) is 9.05. The summed E-state index contributed by atoms with van der Waals surface area (Å²) in [4.78, 5) is 0. The van der Waals surface area contributed by atoms with Gasteiger partial charge in [0.1, 0.15) is 0 Å². The van der Waals surface area contributed by atoms with Gasteiger partial charge in [-0.05, 0) is 106 Å². The molecule has 0 fully saturated rings. The molecule has 0 heteroatoms. The molecule has 216 valence electrons. The third kappa shape index (κ3) is 3.24. The van der Waals surface area contributed by atoms with Crippen molar-refractivity contribution in [3.63, 3.8) is 0 Å². The molecule has 0 saturated heterocycles. The Hall–Kier alpha value is -5.46. The molecule has 0 unspecified atom stereocenters. The number of aryl methyl sites for hydroxylation is 1. The van der Waals surface area contributed by atoms with Crippen LogP contribution >= 0.6 is 0 Å². The summed E-state index contributed by atoms with van der Waals surface area (Å²) >= 11 is 0. The van der Waals surface area contributed by atoms with E-state index in [1.807, 2.05) is 0 Å². The third-order valence-corrected chi connectivity index (χ3v) is 10.9. The van der Waals surface area contributed by atoms with Gasteiger partial charge in [0.25, 0.3) is 0 Å². The molecule has 0 aromatic heterocycles. The molecule has 0 amide bonds. The van der Waals surface area contributed by atoms with E-state index < -0.39 is 0 Å². The lowest BCUT2D eigenvalue weighted by atomic mass is 9.80. The van der Waals surface area contributed by atoms with E-state index in [0.29, 0.717) is 0 Å². The van der Waals surface area contributed by atoms with Gasteiger partial charge in [0.05, 0.1) is 0 Å². The normalized spacial score (nSPS) is 13.7. The van der Waals surface area contributed by atoms with E-state index in [4.69, 9.17) is 0 Å². The lowest BCUT2D eigenvalue weighted by molar-refractivity contribution is 0.660. The molecule has 0 bridgehead atoms. The number of fused-ring (bicyclic) bond motifs is 8. The van der Waals surface area contributed by atoms with E-state index in [2.05, 4.69) is 160 Å². The molecule has 10 rings (SSSR count). The zero-order valence-corrected chi connectivity index (χ0v) is 26.3. The summed E-state index contributed by atoms with van der Waals surface area (Å²) in [5, 5.41) is 7.91. The van der Waals surface area contributed by atoms with Crippen LogP contribution in [0.25, 0.3) is 88.0 Å². The van der Waals surface area contributed by atoms with Gasteiger partial charge in [-0.2, -0.15) is 0 Å². The third-order valence-electron chi connectivity index (χ3n) is 10.9. The molecule has 8 aromatic rings. The fourth-order valence-electron chi connectivity index (χ4n) is 8.86. The molecule has 46 heavy (non-hydrogen) atoms. The maximum Gasteiger partial charge on any atom is 0.0159 e. The van der Waals surface area contributed by atoms with E-state index in [-0.39, 0.29) is 5.41 Å². The molecule has 0 N–H and O–H groups in total. The Morgan fingerprint density at radius 3 is 1.65 bits per heavy atom. The van der Waals surface area contributed by atoms with Gasteiger partial charge in [-0.1, -0.05) is 159 Å². The molecular weight excluding hydrogens is 553 g/mol. The Labute approximate surface area is 269 Å². The SMILES string of the molecule is Cc1ccc2c(-c3ccc4c5c(cccc35)-c3ccccc3-4)c3ccccc3c(-c3cccc4c3-c3ccccc3C4(C)C)c2c1. The number of hydrogen-bond donors (Lipinski definition) is 0. The standard InChI is InChI=1S/C46H32/c1-27-22-23-36-39(26-27)44(38-19-11-21-41-45(38)37-16-8-9-20-40(37)46(41,2)3)32-15-7-6-14-31(32)43(36)35-25-24-34-29-13-5-4-12-28(29)30-17-10-18-33(35)42(30)34/h4-26H,1-3H3. The summed E-state index contributed by atoms with van der Waals surface area (Å²) in [6.07, 6.45) is 0. The Kier molecular flexibility index (Phi) is 5.08. The summed E-state index contributed by atoms with van der Waals surface area (Å²) in [6, 6.07) is 52.6. The van der Waals surface area contributed by atoms with Gasteiger partial charge >= 0.3 is 0 Å². The minimum Gasteiger partial charge on any atom is -0.0619 e. The van der Waals surface area contributed by atoms with Crippen LogP contribution in [0.4, 0.5) is 0 Å². The zero-order valence-electron chi connectivity index (χ0n) is 26.3. The molecule has 0 saturated carbocycles. The van der Waals surface area contributed by atoms with Crippen molar-refractivity contribution < 1.29 is 0 Å². The molecule has 0 atom stereocenters. The number of benzene rings is 8. The van der Waals surface area contributed by atoms with Crippen LogP contribution in [0.5, 0.6) is 0 Å². The second-order valence-corrected chi connectivity index (χ2v) is 13.7. The monoisotopic (exact) mass is 584 g/mol. The van der Waals surface area contributed by atoms with E-state index in [0.717, 1.165) is 0 Å². The Balaban J connectivity index is 1.35. The van der Waals surface area contributed by atoms with Gasteiger partial charge < -0.3 is 0 Å². The van der Waals surface area contributed by atoms with Crippen LogP contribution in [-0.2, 0) is 5.41 Å². The van der Waals surface area contributed by atoms with Crippen LogP contribution in [0.1, 0.15) is 30.5 Å². The molecule has 2 aliphatic rings. The van der Waals surface area contributed by atoms with Gasteiger partial charge in [0.2, 0.25) is 0 Å². The molecule has 0 spiro atoms. The van der Waals surface area contributed by atoms with E-state index in [1.54, 1.807) is 0 Å². The van der Waals surface area contributed by atoms with E-state index >= 15 is 0 Å². The lowest BCUT2D eigenvalue weighted by Crippen LogP contribution is -2.14. The largest absolute Gasteiger partial charge is 0.0619 e. The summed E-state index contributed by atoms with van der Waals surface area (Å²) in [5.74, 6) is 0. The fraction of sp³-hybridized carbons (Fsp3) is 0.0870. The molecule has 2 aliphatic carbocycles. The first-order valence-electron chi connectivity index (χ1n) is 16.4. The fourth-order valence-corrected chi connectivity index (χ4v) is 8.86. The summed E-state index contributed by atoms with van der Waals surface area (Å²) in [6.45, 7) is 6.97. The quantitative estimate of drug-likeness (QED) is 0.177. The van der Waals surface area contributed by atoms with Gasteiger partial charge in [0.15, 0.2) is 0 Å². The predicted octanol–water partition coefficient (Wildman–Crippen LogP) is 12.7. The van der Waals surface area contributed by atoms with Gasteiger partial charge in [-0.15, -0.1) is 0 Å². The zero-order chi connectivity index (χ0) is 30.7. The summed E-state index contributed by atoms with van der Waals surface area (Å²) in [7, 11) is 0. The van der Waals surface area contributed by atoms with Crippen LogP contribution in [0.2, 0.25) is 0 Å².